The number of halogens is 2. The maximum atomic E-state index is 6.59. The molecule has 0 fully saturated rings. The van der Waals surface area contributed by atoms with E-state index < -0.39 is 0 Å². The maximum Gasteiger partial charge on any atom is 0.180 e. The molecule has 0 saturated carbocycles. The topological polar surface area (TPSA) is 42.8 Å². The Balaban J connectivity index is 1.16. The Morgan fingerprint density at radius 2 is 1.82 bits per heavy atom. The molecule has 2 aliphatic rings. The van der Waals surface area contributed by atoms with E-state index in [1.165, 1.54) is 16.8 Å². The summed E-state index contributed by atoms with van der Waals surface area (Å²) >= 11 is 10.0. The fourth-order valence-electron chi connectivity index (χ4n) is 5.48. The molecule has 39 heavy (non-hydrogen) atoms. The molecule has 196 valence electrons. The van der Waals surface area contributed by atoms with Crippen LogP contribution in [-0.4, -0.2) is 13.3 Å². The zero-order valence-electron chi connectivity index (χ0n) is 21.5. The van der Waals surface area contributed by atoms with Crippen LogP contribution in [0.1, 0.15) is 40.6 Å². The lowest BCUT2D eigenvalue weighted by atomic mass is 9.77. The van der Waals surface area contributed by atoms with Gasteiger partial charge in [-0.1, -0.05) is 82.1 Å². The first-order valence-corrected chi connectivity index (χ1v) is 14.2. The van der Waals surface area contributed by atoms with Crippen molar-refractivity contribution in [1.29, 1.82) is 0 Å². The Morgan fingerprint density at radius 3 is 2.62 bits per heavy atom. The van der Waals surface area contributed by atoms with Gasteiger partial charge in [-0.15, -0.1) is 0 Å². The van der Waals surface area contributed by atoms with Crippen LogP contribution in [0.4, 0.5) is 11.4 Å². The number of methoxy groups -OCH3 is 1. The van der Waals surface area contributed by atoms with E-state index in [1.54, 1.807) is 13.3 Å². The molecule has 0 amide bonds. The molecule has 1 heterocycles. The molecule has 6 heteroatoms. The first kappa shape index (κ1) is 25.7. The highest BCUT2D eigenvalue weighted by atomic mass is 79.9. The number of allylic oxidation sites excluding steroid dienone is 2. The summed E-state index contributed by atoms with van der Waals surface area (Å²) in [6, 6.07) is 29.1. The summed E-state index contributed by atoms with van der Waals surface area (Å²) in [6.07, 6.45) is 7.57. The Bertz CT molecular complexity index is 1530. The van der Waals surface area contributed by atoms with Crippen LogP contribution in [0.25, 0.3) is 0 Å². The molecular formula is C33H28BrClN2O2. The van der Waals surface area contributed by atoms with E-state index in [9.17, 15) is 0 Å². The largest absolute Gasteiger partial charge is 0.493 e. The normalized spacial score (nSPS) is 19.4. The fraction of sp³-hybridized carbons (Fsp3) is 0.182. The van der Waals surface area contributed by atoms with Gasteiger partial charge in [-0.25, -0.2) is 0 Å². The molecule has 0 unspecified atom stereocenters. The third-order valence-electron chi connectivity index (χ3n) is 7.44. The lowest BCUT2D eigenvalue weighted by molar-refractivity contribution is 0.284. The molecule has 1 aliphatic heterocycles. The van der Waals surface area contributed by atoms with Crippen LogP contribution in [0.5, 0.6) is 11.5 Å². The maximum absolute atomic E-state index is 6.59. The Hall–Kier alpha value is -3.54. The van der Waals surface area contributed by atoms with Crippen molar-refractivity contribution in [2.45, 2.75) is 25.0 Å². The zero-order valence-corrected chi connectivity index (χ0v) is 23.8. The molecule has 0 aromatic heterocycles. The van der Waals surface area contributed by atoms with Crippen molar-refractivity contribution >= 4 is 45.1 Å². The van der Waals surface area contributed by atoms with Gasteiger partial charge < -0.3 is 14.8 Å². The Kier molecular flexibility index (Phi) is 7.45. The van der Waals surface area contributed by atoms with Crippen LogP contribution in [-0.2, 0) is 6.61 Å². The molecule has 1 N–H and O–H groups in total. The van der Waals surface area contributed by atoms with Crippen LogP contribution in [0.3, 0.4) is 0 Å². The van der Waals surface area contributed by atoms with Crippen molar-refractivity contribution in [3.8, 4) is 11.5 Å². The summed E-state index contributed by atoms with van der Waals surface area (Å²) in [5.41, 5.74) is 6.65. The summed E-state index contributed by atoms with van der Waals surface area (Å²) in [7, 11) is 1.61. The van der Waals surface area contributed by atoms with Crippen LogP contribution in [0, 0.1) is 5.92 Å². The minimum atomic E-state index is 0.269. The zero-order chi connectivity index (χ0) is 26.8. The number of benzene rings is 4. The average molecular weight is 600 g/mol. The van der Waals surface area contributed by atoms with Crippen molar-refractivity contribution in [2.24, 2.45) is 10.9 Å². The second-order valence-corrected chi connectivity index (χ2v) is 11.2. The molecule has 6 rings (SSSR count). The second-order valence-electron chi connectivity index (χ2n) is 9.86. The number of para-hydroxylation sites is 1. The highest BCUT2D eigenvalue weighted by Crippen LogP contribution is 2.49. The third kappa shape index (κ3) is 5.47. The number of hydrogen-bond donors (Lipinski definition) is 1. The number of fused-ring (bicyclic) bond motifs is 3. The number of ether oxygens (including phenoxy) is 2. The van der Waals surface area contributed by atoms with Crippen molar-refractivity contribution in [3.05, 3.63) is 129 Å². The number of aliphatic imine (C=N–C) groups is 1. The van der Waals surface area contributed by atoms with Crippen LogP contribution >= 0.6 is 27.5 Å². The van der Waals surface area contributed by atoms with Crippen LogP contribution < -0.4 is 14.8 Å². The van der Waals surface area contributed by atoms with Crippen molar-refractivity contribution in [3.63, 3.8) is 0 Å². The van der Waals surface area contributed by atoms with Crippen molar-refractivity contribution in [1.82, 2.24) is 0 Å². The number of nitrogens with zero attached hydrogens (tertiary/aromatic N) is 1. The highest BCUT2D eigenvalue weighted by Gasteiger charge is 2.37. The predicted molar refractivity (Wildman–Crippen MR) is 163 cm³/mol. The molecule has 0 radical (unpaired) electrons. The summed E-state index contributed by atoms with van der Waals surface area (Å²) < 4.78 is 12.6. The standard InChI is InChI=1S/C33H28BrClN2O2/c1-38-31-18-22(17-29(35)33(31)39-20-21-9-13-24(34)14-10-21)19-36-25-15-11-23(12-16-25)32-28-7-4-6-26(28)27-5-2-3-8-30(27)37-32/h2-6,8-19,26,28,32,37H,7,20H2,1H3/t26-,28-,32+/m1/s1. The van der Waals surface area contributed by atoms with Gasteiger partial charge in [0.15, 0.2) is 11.5 Å². The number of anilines is 1. The fourth-order valence-corrected chi connectivity index (χ4v) is 6.02. The lowest BCUT2D eigenvalue weighted by Gasteiger charge is -2.37. The van der Waals surface area contributed by atoms with E-state index in [-0.39, 0.29) is 6.04 Å². The minimum Gasteiger partial charge on any atom is -0.493 e. The van der Waals surface area contributed by atoms with Gasteiger partial charge in [0.1, 0.15) is 6.61 Å². The first-order valence-electron chi connectivity index (χ1n) is 13.0. The Labute approximate surface area is 242 Å². The van der Waals surface area contributed by atoms with Crippen LogP contribution in [0.2, 0.25) is 5.02 Å². The summed E-state index contributed by atoms with van der Waals surface area (Å²) in [6.45, 7) is 0.391. The van der Waals surface area contributed by atoms with E-state index >= 15 is 0 Å². The molecule has 1 aliphatic carbocycles. The van der Waals surface area contributed by atoms with Gasteiger partial charge in [-0.2, -0.15) is 0 Å². The third-order valence-corrected chi connectivity index (χ3v) is 8.24. The molecule has 4 aromatic carbocycles. The first-order chi connectivity index (χ1) is 19.1. The summed E-state index contributed by atoms with van der Waals surface area (Å²) in [5, 5.41) is 4.27. The van der Waals surface area contributed by atoms with Crippen molar-refractivity contribution in [2.75, 3.05) is 12.4 Å². The van der Waals surface area contributed by atoms with Gasteiger partial charge >= 0.3 is 0 Å². The molecule has 4 aromatic rings. The van der Waals surface area contributed by atoms with Gasteiger partial charge in [-0.3, -0.25) is 4.99 Å². The van der Waals surface area contributed by atoms with Gasteiger partial charge in [0, 0.05) is 22.3 Å². The molecular weight excluding hydrogens is 572 g/mol. The van der Waals surface area contributed by atoms with E-state index in [0.29, 0.717) is 35.0 Å². The molecule has 3 atom stereocenters. The smallest absolute Gasteiger partial charge is 0.180 e. The number of rotatable bonds is 7. The summed E-state index contributed by atoms with van der Waals surface area (Å²) in [5.74, 6) is 2.07. The number of hydrogen-bond acceptors (Lipinski definition) is 4. The van der Waals surface area contributed by atoms with Crippen molar-refractivity contribution < 1.29 is 9.47 Å². The molecule has 0 saturated heterocycles. The molecule has 0 spiro atoms. The van der Waals surface area contributed by atoms with Gasteiger partial charge in [0.05, 0.1) is 23.9 Å². The van der Waals surface area contributed by atoms with E-state index in [4.69, 9.17) is 26.1 Å². The average Bonchev–Trinajstić information content (AvgIpc) is 3.46. The second kappa shape index (κ2) is 11.3. The monoisotopic (exact) mass is 598 g/mol. The predicted octanol–water partition coefficient (Wildman–Crippen LogP) is 9.27. The van der Waals surface area contributed by atoms with Gasteiger partial charge in [-0.05, 0) is 77.1 Å². The summed E-state index contributed by atoms with van der Waals surface area (Å²) in [4.78, 5) is 4.70. The molecule has 4 nitrogen and oxygen atoms in total. The Morgan fingerprint density at radius 1 is 1.03 bits per heavy atom. The van der Waals surface area contributed by atoms with E-state index in [1.807, 2.05) is 36.4 Å². The number of nitrogens with one attached hydrogen (secondary N) is 1. The van der Waals surface area contributed by atoms with E-state index in [2.05, 4.69) is 81.9 Å². The SMILES string of the molecule is COc1cc(C=Nc2ccc([C@@H]3Nc4ccccc4[C@H]4C=CC[C@H]43)cc2)cc(Cl)c1OCc1ccc(Br)cc1. The van der Waals surface area contributed by atoms with Gasteiger partial charge in [0.2, 0.25) is 0 Å². The van der Waals surface area contributed by atoms with E-state index in [0.717, 1.165) is 27.7 Å². The quantitative estimate of drug-likeness (QED) is 0.170. The minimum absolute atomic E-state index is 0.269. The van der Waals surface area contributed by atoms with Crippen LogP contribution in [0.15, 0.2) is 107 Å². The highest BCUT2D eigenvalue weighted by molar-refractivity contribution is 9.10. The lowest BCUT2D eigenvalue weighted by Crippen LogP contribution is -2.28. The van der Waals surface area contributed by atoms with Gasteiger partial charge in [0.25, 0.3) is 0 Å². The molecule has 0 bridgehead atoms.